The lowest BCUT2D eigenvalue weighted by molar-refractivity contribution is 0.0940. The first-order chi connectivity index (χ1) is 10.8. The Morgan fingerprint density at radius 1 is 1.32 bits per heavy atom. The van der Waals surface area contributed by atoms with E-state index in [9.17, 15) is 5.11 Å². The molecule has 2 saturated heterocycles. The van der Waals surface area contributed by atoms with E-state index in [0.717, 1.165) is 31.2 Å². The van der Waals surface area contributed by atoms with E-state index in [0.29, 0.717) is 23.9 Å². The molecule has 2 fully saturated rings. The summed E-state index contributed by atoms with van der Waals surface area (Å²) < 4.78 is 5.55. The second-order valence-electron chi connectivity index (χ2n) is 6.50. The van der Waals surface area contributed by atoms with Gasteiger partial charge < -0.3 is 14.5 Å². The van der Waals surface area contributed by atoms with Gasteiger partial charge in [0.05, 0.1) is 6.61 Å². The van der Waals surface area contributed by atoms with Crippen molar-refractivity contribution in [3.8, 4) is 11.4 Å². The number of aliphatic hydroxyl groups is 1. The molecule has 0 aliphatic carbocycles. The van der Waals surface area contributed by atoms with E-state index in [-0.39, 0.29) is 12.0 Å². The number of fused-ring (bicyclic) bond motifs is 2. The van der Waals surface area contributed by atoms with Crippen molar-refractivity contribution in [2.45, 2.75) is 44.7 Å². The minimum atomic E-state index is -0.00963. The van der Waals surface area contributed by atoms with Crippen molar-refractivity contribution in [3.63, 3.8) is 0 Å². The third kappa shape index (κ3) is 1.88. The molecule has 1 aromatic heterocycles. The number of anilines is 1. The Hall–Kier alpha value is -1.88. The Labute approximate surface area is 130 Å². The predicted octanol–water partition coefficient (Wildman–Crippen LogP) is 2.87. The molecule has 22 heavy (non-hydrogen) atoms. The second kappa shape index (κ2) is 5.09. The average molecular weight is 299 g/mol. The second-order valence-corrected chi connectivity index (χ2v) is 6.50. The lowest BCUT2D eigenvalue weighted by Crippen LogP contribution is -2.39. The van der Waals surface area contributed by atoms with Crippen LogP contribution in [-0.4, -0.2) is 33.9 Å². The molecule has 5 nitrogen and oxygen atoms in total. The van der Waals surface area contributed by atoms with Crippen molar-refractivity contribution in [1.29, 1.82) is 0 Å². The molecule has 4 rings (SSSR count). The summed E-state index contributed by atoms with van der Waals surface area (Å²) in [5.41, 5.74) is 0.956. The number of hydrogen-bond acceptors (Lipinski definition) is 5. The zero-order valence-corrected chi connectivity index (χ0v) is 12.8. The molecule has 1 N–H and O–H groups in total. The topological polar surface area (TPSA) is 62.4 Å². The van der Waals surface area contributed by atoms with Crippen molar-refractivity contribution in [2.75, 3.05) is 11.5 Å². The lowest BCUT2D eigenvalue weighted by atomic mass is 9.72. The van der Waals surface area contributed by atoms with Gasteiger partial charge in [0, 0.05) is 23.1 Å². The number of nitrogens with zero attached hydrogens (tertiary/aromatic N) is 3. The van der Waals surface area contributed by atoms with Gasteiger partial charge in [0.2, 0.25) is 5.82 Å². The van der Waals surface area contributed by atoms with Crippen LogP contribution in [0, 0.1) is 5.41 Å². The minimum Gasteiger partial charge on any atom is -0.396 e. The van der Waals surface area contributed by atoms with E-state index in [1.807, 2.05) is 30.3 Å². The highest BCUT2D eigenvalue weighted by atomic mass is 16.5. The van der Waals surface area contributed by atoms with Crippen LogP contribution in [0.15, 0.2) is 34.9 Å². The molecule has 2 aliphatic heterocycles. The average Bonchev–Trinajstić information content (AvgIpc) is 3.28. The van der Waals surface area contributed by atoms with Gasteiger partial charge >= 0.3 is 6.01 Å². The summed E-state index contributed by atoms with van der Waals surface area (Å²) >= 11 is 0. The molecule has 3 heterocycles. The summed E-state index contributed by atoms with van der Waals surface area (Å²) in [6.45, 7) is 2.40. The number of rotatable bonds is 4. The number of benzene rings is 1. The smallest absolute Gasteiger partial charge is 0.324 e. The van der Waals surface area contributed by atoms with Crippen LogP contribution in [0.4, 0.5) is 6.01 Å². The maximum Gasteiger partial charge on any atom is 0.324 e. The summed E-state index contributed by atoms with van der Waals surface area (Å²) in [5.74, 6) is 0.632. The van der Waals surface area contributed by atoms with Gasteiger partial charge in [-0.25, -0.2) is 0 Å². The van der Waals surface area contributed by atoms with Crippen LogP contribution in [0.1, 0.15) is 32.6 Å². The molecule has 5 heteroatoms. The molecular formula is C17H21N3O2. The van der Waals surface area contributed by atoms with Gasteiger partial charge in [-0.3, -0.25) is 0 Å². The molecule has 0 spiro atoms. The van der Waals surface area contributed by atoms with Gasteiger partial charge in [0.15, 0.2) is 0 Å². The van der Waals surface area contributed by atoms with Crippen LogP contribution >= 0.6 is 0 Å². The fourth-order valence-corrected chi connectivity index (χ4v) is 4.27. The van der Waals surface area contributed by atoms with Crippen molar-refractivity contribution >= 4 is 6.01 Å². The predicted molar refractivity (Wildman–Crippen MR) is 83.4 cm³/mol. The fraction of sp³-hybridized carbons (Fsp3) is 0.529. The van der Waals surface area contributed by atoms with Crippen molar-refractivity contribution in [3.05, 3.63) is 30.3 Å². The van der Waals surface area contributed by atoms with E-state index < -0.39 is 0 Å². The van der Waals surface area contributed by atoms with E-state index in [2.05, 4.69) is 22.0 Å². The van der Waals surface area contributed by atoms with E-state index in [1.165, 1.54) is 0 Å². The molecule has 3 atom stereocenters. The Bertz CT molecular complexity index is 651. The van der Waals surface area contributed by atoms with Crippen molar-refractivity contribution in [2.24, 2.45) is 5.41 Å². The first-order valence-electron chi connectivity index (χ1n) is 8.06. The summed E-state index contributed by atoms with van der Waals surface area (Å²) in [4.78, 5) is 6.87. The normalized spacial score (nSPS) is 30.2. The molecule has 1 aromatic carbocycles. The Balaban J connectivity index is 1.65. The van der Waals surface area contributed by atoms with Crippen molar-refractivity contribution < 1.29 is 9.63 Å². The van der Waals surface area contributed by atoms with Crippen LogP contribution in [-0.2, 0) is 0 Å². The Morgan fingerprint density at radius 3 is 2.82 bits per heavy atom. The minimum absolute atomic E-state index is 0.00963. The molecule has 2 aromatic rings. The standard InChI is InChI=1S/C17H21N3O2/c1-2-17(11-21)10-13-8-9-14(17)20(13)16-18-15(19-22-16)12-6-4-3-5-7-12/h3-7,13-14,21H,2,8-11H2,1H3/t13-,14+,17-/m1/s1. The summed E-state index contributed by atoms with van der Waals surface area (Å²) in [5, 5.41) is 14.0. The van der Waals surface area contributed by atoms with E-state index in [4.69, 9.17) is 4.52 Å². The molecule has 0 saturated carbocycles. The maximum atomic E-state index is 9.89. The quantitative estimate of drug-likeness (QED) is 0.940. The molecule has 2 aliphatic rings. The highest BCUT2D eigenvalue weighted by Crippen LogP contribution is 2.52. The number of aromatic nitrogens is 2. The van der Waals surface area contributed by atoms with Gasteiger partial charge in [-0.1, -0.05) is 42.4 Å². The van der Waals surface area contributed by atoms with Gasteiger partial charge in [0.1, 0.15) is 0 Å². The van der Waals surface area contributed by atoms with E-state index in [1.54, 1.807) is 0 Å². The summed E-state index contributed by atoms with van der Waals surface area (Å²) in [7, 11) is 0. The summed E-state index contributed by atoms with van der Waals surface area (Å²) in [6, 6.07) is 11.2. The van der Waals surface area contributed by atoms with Crippen LogP contribution < -0.4 is 4.90 Å². The fourth-order valence-electron chi connectivity index (χ4n) is 4.27. The lowest BCUT2D eigenvalue weighted by Gasteiger charge is -2.34. The van der Waals surface area contributed by atoms with Crippen LogP contribution in [0.25, 0.3) is 11.4 Å². The first-order valence-corrected chi connectivity index (χ1v) is 8.06. The monoisotopic (exact) mass is 299 g/mol. The molecule has 2 bridgehead atoms. The van der Waals surface area contributed by atoms with E-state index >= 15 is 0 Å². The summed E-state index contributed by atoms with van der Waals surface area (Å²) in [6.07, 6.45) is 4.26. The largest absolute Gasteiger partial charge is 0.396 e. The highest BCUT2D eigenvalue weighted by molar-refractivity contribution is 5.56. The zero-order chi connectivity index (χ0) is 15.2. The highest BCUT2D eigenvalue weighted by Gasteiger charge is 2.56. The molecule has 0 amide bonds. The first kappa shape index (κ1) is 13.8. The SMILES string of the molecule is CC[C@]1(CO)C[C@H]2CC[C@@H]1N2c1nc(-c2ccccc2)no1. The molecular weight excluding hydrogens is 278 g/mol. The van der Waals surface area contributed by atoms with Gasteiger partial charge in [-0.15, -0.1) is 0 Å². The number of aliphatic hydroxyl groups excluding tert-OH is 1. The van der Waals surface area contributed by atoms with Crippen LogP contribution in [0.3, 0.4) is 0 Å². The van der Waals surface area contributed by atoms with Gasteiger partial charge in [0.25, 0.3) is 0 Å². The third-order valence-corrected chi connectivity index (χ3v) is 5.54. The Morgan fingerprint density at radius 2 is 2.14 bits per heavy atom. The van der Waals surface area contributed by atoms with Gasteiger partial charge in [-0.2, -0.15) is 4.98 Å². The molecule has 0 radical (unpaired) electrons. The zero-order valence-electron chi connectivity index (χ0n) is 12.8. The van der Waals surface area contributed by atoms with Crippen LogP contribution in [0.5, 0.6) is 0 Å². The molecule has 116 valence electrons. The maximum absolute atomic E-state index is 9.89. The number of hydrogen-bond donors (Lipinski definition) is 1. The third-order valence-electron chi connectivity index (χ3n) is 5.54. The van der Waals surface area contributed by atoms with Crippen LogP contribution in [0.2, 0.25) is 0 Å². The van der Waals surface area contributed by atoms with Crippen molar-refractivity contribution in [1.82, 2.24) is 10.1 Å². The molecule has 0 unspecified atom stereocenters. The Kier molecular flexibility index (Phi) is 3.18. The van der Waals surface area contributed by atoms with Gasteiger partial charge in [-0.05, 0) is 25.7 Å².